The van der Waals surface area contributed by atoms with Crippen LogP contribution >= 0.6 is 0 Å². The molecular formula is C31H36N2O6S. The molecule has 3 aromatic rings. The van der Waals surface area contributed by atoms with Crippen molar-refractivity contribution in [1.29, 1.82) is 0 Å². The zero-order valence-electron chi connectivity index (χ0n) is 23.2. The SMILES string of the molecule is COS(=O)(=O)/C=C/C(CCC(=O)NC(c1ccccc1)(c1ccccc1)c1ccccc1)NC(=O)OC(C)(C)C. The molecule has 3 aromatic carbocycles. The van der Waals surface area contributed by atoms with E-state index in [4.69, 9.17) is 4.74 Å². The fourth-order valence-corrected chi connectivity index (χ4v) is 4.75. The highest BCUT2D eigenvalue weighted by Crippen LogP contribution is 2.36. The van der Waals surface area contributed by atoms with Crippen LogP contribution in [0.4, 0.5) is 4.79 Å². The fraction of sp³-hybridized carbons (Fsp3) is 0.290. The molecule has 8 nitrogen and oxygen atoms in total. The van der Waals surface area contributed by atoms with Crippen LogP contribution in [0.5, 0.6) is 0 Å². The molecule has 3 rings (SSSR count). The van der Waals surface area contributed by atoms with Crippen molar-refractivity contribution >= 4 is 22.1 Å². The Hall–Kier alpha value is -3.95. The van der Waals surface area contributed by atoms with Crippen molar-refractivity contribution in [3.8, 4) is 0 Å². The second kappa shape index (κ2) is 13.4. The molecule has 0 aliphatic rings. The second-order valence-corrected chi connectivity index (χ2v) is 11.8. The Kier molecular flexibility index (Phi) is 10.3. The summed E-state index contributed by atoms with van der Waals surface area (Å²) in [4.78, 5) is 26.1. The van der Waals surface area contributed by atoms with E-state index in [1.165, 1.54) is 6.08 Å². The van der Waals surface area contributed by atoms with Crippen molar-refractivity contribution in [2.45, 2.75) is 50.8 Å². The van der Waals surface area contributed by atoms with Gasteiger partial charge in [0.1, 0.15) is 11.1 Å². The molecule has 0 spiro atoms. The van der Waals surface area contributed by atoms with Gasteiger partial charge in [-0.3, -0.25) is 8.98 Å². The summed E-state index contributed by atoms with van der Waals surface area (Å²) in [6.07, 6.45) is 0.625. The third-order valence-corrected chi connectivity index (χ3v) is 7.00. The van der Waals surface area contributed by atoms with Crippen LogP contribution in [-0.2, 0) is 29.4 Å². The summed E-state index contributed by atoms with van der Waals surface area (Å²) in [6.45, 7) is 5.16. The number of amides is 2. The second-order valence-electron chi connectivity index (χ2n) is 10.2. The number of hydrogen-bond donors (Lipinski definition) is 2. The van der Waals surface area contributed by atoms with Crippen molar-refractivity contribution < 1.29 is 26.9 Å². The first-order valence-electron chi connectivity index (χ1n) is 12.9. The average Bonchev–Trinajstić information content (AvgIpc) is 2.93. The monoisotopic (exact) mass is 564 g/mol. The molecule has 1 atom stereocenters. The molecule has 0 fully saturated rings. The molecular weight excluding hydrogens is 528 g/mol. The van der Waals surface area contributed by atoms with Gasteiger partial charge < -0.3 is 15.4 Å². The van der Waals surface area contributed by atoms with Gasteiger partial charge in [-0.25, -0.2) is 4.79 Å². The Labute approximate surface area is 236 Å². The molecule has 0 saturated carbocycles. The van der Waals surface area contributed by atoms with Crippen LogP contribution in [0.3, 0.4) is 0 Å². The number of alkyl carbamates (subject to hydrolysis) is 1. The normalized spacial score (nSPS) is 13.0. The van der Waals surface area contributed by atoms with E-state index in [2.05, 4.69) is 14.8 Å². The predicted molar refractivity (Wildman–Crippen MR) is 155 cm³/mol. The summed E-state index contributed by atoms with van der Waals surface area (Å²) in [6, 6.07) is 28.2. The number of rotatable bonds is 11. The van der Waals surface area contributed by atoms with Gasteiger partial charge in [0.05, 0.1) is 18.6 Å². The lowest BCUT2D eigenvalue weighted by molar-refractivity contribution is -0.122. The first kappa shape index (κ1) is 30.6. The van der Waals surface area contributed by atoms with Gasteiger partial charge in [-0.1, -0.05) is 91.0 Å². The maximum absolute atomic E-state index is 13.6. The van der Waals surface area contributed by atoms with Crippen molar-refractivity contribution in [2.75, 3.05) is 7.11 Å². The highest BCUT2D eigenvalue weighted by molar-refractivity contribution is 7.89. The summed E-state index contributed by atoms with van der Waals surface area (Å²) >= 11 is 0. The third-order valence-electron chi connectivity index (χ3n) is 6.04. The van der Waals surface area contributed by atoms with E-state index in [0.717, 1.165) is 29.2 Å². The van der Waals surface area contributed by atoms with Crippen LogP contribution in [0.25, 0.3) is 0 Å². The minimum Gasteiger partial charge on any atom is -0.444 e. The molecule has 212 valence electrons. The molecule has 0 radical (unpaired) electrons. The van der Waals surface area contributed by atoms with Crippen molar-refractivity contribution in [3.05, 3.63) is 119 Å². The van der Waals surface area contributed by atoms with Crippen molar-refractivity contribution in [1.82, 2.24) is 10.6 Å². The quantitative estimate of drug-likeness (QED) is 0.243. The number of ether oxygens (including phenoxy) is 1. The Balaban J connectivity index is 1.93. The van der Waals surface area contributed by atoms with Gasteiger partial charge >= 0.3 is 6.09 Å². The summed E-state index contributed by atoms with van der Waals surface area (Å²) in [5, 5.41) is 6.75. The number of carbonyl (C=O) groups excluding carboxylic acids is 2. The van der Waals surface area contributed by atoms with Gasteiger partial charge in [-0.05, 0) is 50.0 Å². The van der Waals surface area contributed by atoms with Gasteiger partial charge in [0.25, 0.3) is 10.1 Å². The molecule has 2 amide bonds. The van der Waals surface area contributed by atoms with Gasteiger partial charge in [-0.2, -0.15) is 8.42 Å². The van der Waals surface area contributed by atoms with E-state index < -0.39 is 33.4 Å². The molecule has 1 unspecified atom stereocenters. The highest BCUT2D eigenvalue weighted by Gasteiger charge is 2.37. The Morgan fingerprint density at radius 1 is 0.825 bits per heavy atom. The molecule has 0 aliphatic heterocycles. The van der Waals surface area contributed by atoms with E-state index in [9.17, 15) is 18.0 Å². The fourth-order valence-electron chi connectivity index (χ4n) is 4.26. The third kappa shape index (κ3) is 8.53. The average molecular weight is 565 g/mol. The van der Waals surface area contributed by atoms with Gasteiger partial charge in [0.2, 0.25) is 5.91 Å². The zero-order chi connectivity index (χ0) is 29.2. The predicted octanol–water partition coefficient (Wildman–Crippen LogP) is 5.26. The van der Waals surface area contributed by atoms with Gasteiger partial charge in [-0.15, -0.1) is 0 Å². The molecule has 2 N–H and O–H groups in total. The smallest absolute Gasteiger partial charge is 0.408 e. The zero-order valence-corrected chi connectivity index (χ0v) is 24.0. The number of benzene rings is 3. The van der Waals surface area contributed by atoms with Crippen LogP contribution in [0, 0.1) is 0 Å². The summed E-state index contributed by atoms with van der Waals surface area (Å²) in [5.41, 5.74) is 0.861. The lowest BCUT2D eigenvalue weighted by Gasteiger charge is -2.37. The van der Waals surface area contributed by atoms with E-state index in [1.54, 1.807) is 20.8 Å². The maximum atomic E-state index is 13.6. The van der Waals surface area contributed by atoms with Crippen molar-refractivity contribution in [2.24, 2.45) is 0 Å². The van der Waals surface area contributed by atoms with Gasteiger partial charge in [0, 0.05) is 6.42 Å². The van der Waals surface area contributed by atoms with Crippen LogP contribution in [0.1, 0.15) is 50.3 Å². The van der Waals surface area contributed by atoms with Crippen molar-refractivity contribution in [3.63, 3.8) is 0 Å². The standard InChI is InChI=1S/C31H36N2O6S/c1-30(2,3)39-29(35)32-27(22-23-40(36,37)38-4)20-21-28(34)33-31(24-14-8-5-9-15-24,25-16-10-6-11-17-25)26-18-12-7-13-19-26/h5-19,22-23,27H,20-21H2,1-4H3,(H,32,35)(H,33,34)/b23-22+. The molecule has 0 saturated heterocycles. The first-order chi connectivity index (χ1) is 18.9. The Morgan fingerprint density at radius 3 is 1.68 bits per heavy atom. The van der Waals surface area contributed by atoms with Crippen LogP contribution < -0.4 is 10.6 Å². The Bertz CT molecular complexity index is 1290. The summed E-state index contributed by atoms with van der Waals surface area (Å²) in [7, 11) is -2.89. The molecule has 0 heterocycles. The minimum atomic E-state index is -3.93. The lowest BCUT2D eigenvalue weighted by Crippen LogP contribution is -2.48. The molecule has 9 heteroatoms. The number of hydrogen-bond acceptors (Lipinski definition) is 6. The largest absolute Gasteiger partial charge is 0.444 e. The van der Waals surface area contributed by atoms with E-state index in [-0.39, 0.29) is 18.7 Å². The minimum absolute atomic E-state index is 0.0217. The molecule has 40 heavy (non-hydrogen) atoms. The van der Waals surface area contributed by atoms with Crippen LogP contribution in [-0.4, -0.2) is 39.2 Å². The first-order valence-corrected chi connectivity index (χ1v) is 14.4. The van der Waals surface area contributed by atoms with Crippen LogP contribution in [0.15, 0.2) is 102 Å². The van der Waals surface area contributed by atoms with Crippen LogP contribution in [0.2, 0.25) is 0 Å². The molecule has 0 bridgehead atoms. The lowest BCUT2D eigenvalue weighted by atomic mass is 9.77. The Morgan fingerprint density at radius 2 is 1.27 bits per heavy atom. The molecule has 0 aliphatic carbocycles. The maximum Gasteiger partial charge on any atom is 0.408 e. The van der Waals surface area contributed by atoms with E-state index in [1.807, 2.05) is 91.0 Å². The summed E-state index contributed by atoms with van der Waals surface area (Å²) in [5.74, 6) is -0.296. The van der Waals surface area contributed by atoms with E-state index >= 15 is 0 Å². The molecule has 0 aromatic heterocycles. The summed E-state index contributed by atoms with van der Waals surface area (Å²) < 4.78 is 33.6. The van der Waals surface area contributed by atoms with Gasteiger partial charge in [0.15, 0.2) is 0 Å². The van der Waals surface area contributed by atoms with E-state index in [0.29, 0.717) is 0 Å². The number of nitrogens with one attached hydrogen (secondary N) is 2. The highest BCUT2D eigenvalue weighted by atomic mass is 32.2. The number of carbonyl (C=O) groups is 2. The topological polar surface area (TPSA) is 111 Å².